The van der Waals surface area contributed by atoms with Gasteiger partial charge in [0.15, 0.2) is 59.9 Å². The Kier molecular flexibility index (Phi) is 50.6. The van der Waals surface area contributed by atoms with Gasteiger partial charge in [-0.05, 0) is 122 Å². The van der Waals surface area contributed by atoms with Crippen LogP contribution in [0.2, 0.25) is 0 Å². The fraction of sp³-hybridized carbons (Fsp3) is 0.721. The highest BCUT2D eigenvalue weighted by molar-refractivity contribution is 6.01. The molecule has 704 valence electrons. The van der Waals surface area contributed by atoms with Gasteiger partial charge in [-0.1, -0.05) is 0 Å². The lowest BCUT2D eigenvalue weighted by Crippen LogP contribution is -2.67. The van der Waals surface area contributed by atoms with Crippen LogP contribution < -0.4 is 174 Å². The Morgan fingerprint density at radius 3 is 0.758 bits per heavy atom. The zero-order valence-corrected chi connectivity index (χ0v) is 69.8. The van der Waals surface area contributed by atoms with Crippen LogP contribution in [0.5, 0.6) is 0 Å². The van der Waals surface area contributed by atoms with Crippen LogP contribution in [0.25, 0.3) is 0 Å². The van der Waals surface area contributed by atoms with Gasteiger partial charge < -0.3 is 198 Å². The number of carbonyl (C=O) groups excluding carboxylic acids is 10. The average Bonchev–Trinajstić information content (AvgIpc) is 0.790. The first-order valence-corrected chi connectivity index (χ1v) is 40.2. The fourth-order valence-electron chi connectivity index (χ4n) is 12.6. The monoisotopic (exact) mass is 1770 g/mol. The Balaban J connectivity index is 2.83. The number of guanidine groups is 9. The summed E-state index contributed by atoms with van der Waals surface area (Å²) in [5.74, 6) is -12.4. The maximum atomic E-state index is 15.1. The molecule has 1 saturated heterocycles. The number of carbonyl (C=O) groups is 10. The third-order valence-electron chi connectivity index (χ3n) is 18.9. The molecule has 0 aromatic heterocycles. The molecule has 1 unspecified atom stereocenters. The second-order valence-corrected chi connectivity index (χ2v) is 29.3. The largest absolute Gasteiger partial charge is 0.389 e. The van der Waals surface area contributed by atoms with E-state index in [0.717, 1.165) is 6.92 Å². The molecule has 1 aliphatic heterocycles. The molecular weight excluding hydrogens is 1630 g/mol. The number of hydrogen-bond donors (Lipinski definition) is 35. The third kappa shape index (κ3) is 44.1. The van der Waals surface area contributed by atoms with Crippen molar-refractivity contribution in [3.63, 3.8) is 0 Å². The van der Waals surface area contributed by atoms with Gasteiger partial charge in [-0.3, -0.25) is 98.2 Å². The number of aliphatic hydroxyl groups is 4. The predicted molar refractivity (Wildman–Crippen MR) is 461 cm³/mol. The summed E-state index contributed by atoms with van der Waals surface area (Å²) >= 11 is 0. The summed E-state index contributed by atoms with van der Waals surface area (Å²) in [5.41, 5.74) is 119. The van der Waals surface area contributed by atoms with E-state index < -0.39 is 181 Å². The molecule has 2 rings (SSSR count). The van der Waals surface area contributed by atoms with Crippen molar-refractivity contribution in [2.45, 2.75) is 244 Å². The lowest BCUT2D eigenvalue weighted by molar-refractivity contribution is -0.288. The molecular formula is C68H136N40O16. The number of amides is 10. The fourth-order valence-corrected chi connectivity index (χ4v) is 12.6. The van der Waals surface area contributed by atoms with Crippen molar-refractivity contribution in [2.24, 2.45) is 165 Å². The Morgan fingerprint density at radius 1 is 0.315 bits per heavy atom. The van der Waals surface area contributed by atoms with E-state index in [2.05, 4.69) is 98.1 Å². The van der Waals surface area contributed by atoms with E-state index in [9.17, 15) is 54.0 Å². The summed E-state index contributed by atoms with van der Waals surface area (Å²) in [6.45, 7) is -0.0781. The molecule has 0 spiro atoms. The zero-order chi connectivity index (χ0) is 93.3. The molecule has 0 aromatic rings. The molecule has 124 heavy (non-hydrogen) atoms. The number of nitrogens with one attached hydrogen (secondary N) is 10. The average molecular weight is 1770 g/mol. The molecule has 0 bridgehead atoms. The highest BCUT2D eigenvalue weighted by Gasteiger charge is 2.49. The number of nitrogens with zero attached hydrogens (tertiary/aromatic N) is 9. The second-order valence-electron chi connectivity index (χ2n) is 29.3. The van der Waals surface area contributed by atoms with Crippen LogP contribution in [0, 0.1) is 0 Å². The van der Waals surface area contributed by atoms with E-state index in [4.69, 9.17) is 130 Å². The van der Waals surface area contributed by atoms with Crippen LogP contribution in [0.15, 0.2) is 44.9 Å². The molecule has 1 heterocycles. The first-order chi connectivity index (χ1) is 58.4. The van der Waals surface area contributed by atoms with E-state index in [1.54, 1.807) is 0 Å². The summed E-state index contributed by atoms with van der Waals surface area (Å²) in [4.78, 5) is 180. The minimum Gasteiger partial charge on any atom is -0.389 e. The van der Waals surface area contributed by atoms with Crippen molar-refractivity contribution in [2.75, 3.05) is 65.4 Å². The van der Waals surface area contributed by atoms with E-state index >= 15 is 14.4 Å². The standard InChI is InChI=1S/C68H136N40O16/c1-31(109)100-51(115)35(12-3-21-91-61(74)75)102-53(117)37(14-5-23-93-63(78)79)104-55(119)39(16-7-25-95-65(82)83)106-57(121)41(18-9-27-97-67(86)87)108-58(122)42(19-10-28-98-68(88)89)107-56(120)40(17-8-26-96-66(84)85)105-54(118)38(15-6-24-94-64(80)81)103-52(116)36(13-4-22-92-62(76)77)101-50(114)34(11-2-20-90-60(72)73)99-30-43-46(111)47(112)44(71)59(123-43)124-49-33(70)29-32(69)45(110)48(49)113/h32-49,59,99,110-113H,2-30,69-71H2,1H3,(H,101,114)(H,102,117)(H,103,116)(H,104,119)(H,105,118)(H,106,121)(H,107,120)(H,108,122)(H4,72,73,90)(H4,74,75,91)(H4,76,77,92)(H4,78,79,93)(H4,80,81,94)(H4,82,83,95)(H4,84,85,96)(H4,86,87,97)(H4,88,89,98)(H,100,109,115)/t32-,33+,34+,35+,36+,37+,38+,39+,40+,41+,42+,43-,44-,45+,46-,47-,48-,49?,59-/m1/s1. The summed E-state index contributed by atoms with van der Waals surface area (Å²) in [6, 6.07) is -17.2. The van der Waals surface area contributed by atoms with Crippen LogP contribution in [0.1, 0.15) is 129 Å². The van der Waals surface area contributed by atoms with Gasteiger partial charge in [0.1, 0.15) is 78.9 Å². The first kappa shape index (κ1) is 108. The molecule has 1 aliphatic carbocycles. The number of aliphatic hydroxyl groups excluding tert-OH is 4. The van der Waals surface area contributed by atoms with Gasteiger partial charge in [0, 0.05) is 84.5 Å². The lowest BCUT2D eigenvalue weighted by Gasteiger charge is -2.46. The summed E-state index contributed by atoms with van der Waals surface area (Å²) in [7, 11) is 0. The first-order valence-electron chi connectivity index (χ1n) is 40.2. The number of rotatable bonds is 58. The Morgan fingerprint density at radius 2 is 0.532 bits per heavy atom. The summed E-state index contributed by atoms with van der Waals surface area (Å²) < 4.78 is 12.0. The minimum atomic E-state index is -1.73. The van der Waals surface area contributed by atoms with E-state index in [1.165, 1.54) is 0 Å². The van der Waals surface area contributed by atoms with Crippen LogP contribution in [0.4, 0.5) is 0 Å². The molecule has 56 heteroatoms. The number of nitrogens with two attached hydrogens (primary N) is 21. The number of ether oxygens (including phenoxy) is 2. The van der Waals surface area contributed by atoms with Crippen molar-refractivity contribution >= 4 is 113 Å². The number of hydrogen-bond acceptors (Lipinski definition) is 29. The molecule has 56 N–H and O–H groups in total. The molecule has 1 saturated carbocycles. The van der Waals surface area contributed by atoms with Crippen molar-refractivity contribution in [3.8, 4) is 0 Å². The number of imide groups is 1. The SMILES string of the molecule is CC(=O)NC(=O)[C@H](CCCN=C(N)N)NC(=O)[C@H](CCCN=C(N)N)NC(=O)[C@H](CCCN=C(N)N)NC(=O)[C@H](CCCN=C(N)N)NC(=O)[C@H](CCCN=C(N)N)NC(=O)[C@H](CCCN=C(N)N)NC(=O)[C@H](CCCN=C(N)N)NC(=O)[C@H](CCCN=C(N)N)NC(=O)[C@H](CCCN=C(N)N)NC[C@H]1O[C@H](OC2[C@@H](N)C[C@@H](N)[C@H](O)[C@H]2O)[C@H](N)[C@@H](O)[C@@H]1O. The summed E-state index contributed by atoms with van der Waals surface area (Å²) in [5, 5.41) is 70.1. The van der Waals surface area contributed by atoms with Gasteiger partial charge in [-0.15, -0.1) is 0 Å². The van der Waals surface area contributed by atoms with Crippen molar-refractivity contribution in [1.82, 2.24) is 53.2 Å². The van der Waals surface area contributed by atoms with Crippen molar-refractivity contribution in [3.05, 3.63) is 0 Å². The number of aliphatic imine (C=N–C) groups is 9. The van der Waals surface area contributed by atoms with Gasteiger partial charge in [0.25, 0.3) is 0 Å². The van der Waals surface area contributed by atoms with Crippen LogP contribution in [-0.2, 0) is 57.4 Å². The predicted octanol–water partition coefficient (Wildman–Crippen LogP) is -18.1. The molecule has 0 radical (unpaired) electrons. The highest BCUT2D eigenvalue weighted by Crippen LogP contribution is 2.28. The van der Waals surface area contributed by atoms with E-state index in [1.807, 2.05) is 0 Å². The Hall–Kier alpha value is -12.1. The Bertz CT molecular complexity index is 3650. The van der Waals surface area contributed by atoms with Crippen LogP contribution in [0.3, 0.4) is 0 Å². The highest BCUT2D eigenvalue weighted by atomic mass is 16.7. The van der Waals surface area contributed by atoms with Gasteiger partial charge >= 0.3 is 0 Å². The molecule has 2 fully saturated rings. The van der Waals surface area contributed by atoms with Crippen molar-refractivity contribution in [1.29, 1.82) is 0 Å². The molecule has 10 amide bonds. The zero-order valence-electron chi connectivity index (χ0n) is 69.8. The maximum Gasteiger partial charge on any atom is 0.249 e. The minimum absolute atomic E-state index is 0.00274. The Labute approximate surface area is 716 Å². The van der Waals surface area contributed by atoms with Gasteiger partial charge in [-0.2, -0.15) is 0 Å². The smallest absolute Gasteiger partial charge is 0.249 e. The molecule has 0 aromatic carbocycles. The molecule has 56 nitrogen and oxygen atoms in total. The van der Waals surface area contributed by atoms with Gasteiger partial charge in [0.05, 0.1) is 18.2 Å². The van der Waals surface area contributed by atoms with Crippen LogP contribution in [-0.4, -0.2) is 314 Å². The quantitative estimate of drug-likeness (QED) is 0.0153. The van der Waals surface area contributed by atoms with E-state index in [0.29, 0.717) is 0 Å². The van der Waals surface area contributed by atoms with Crippen LogP contribution >= 0.6 is 0 Å². The summed E-state index contributed by atoms with van der Waals surface area (Å²) in [6.07, 6.45) is -12.6. The lowest BCUT2D eigenvalue weighted by atomic mass is 9.84. The third-order valence-corrected chi connectivity index (χ3v) is 18.9. The van der Waals surface area contributed by atoms with E-state index in [-0.39, 0.29) is 235 Å². The maximum absolute atomic E-state index is 15.1. The second kappa shape index (κ2) is 58.1. The molecule has 19 atom stereocenters. The topological polar surface area (TPSA) is 1050 Å². The van der Waals surface area contributed by atoms with Gasteiger partial charge in [0.2, 0.25) is 59.1 Å². The van der Waals surface area contributed by atoms with Gasteiger partial charge in [-0.25, -0.2) is 0 Å². The molecule has 2 aliphatic rings. The normalized spacial score (nSPS) is 20.5. The van der Waals surface area contributed by atoms with Crippen molar-refractivity contribution < 1.29 is 77.8 Å².